The summed E-state index contributed by atoms with van der Waals surface area (Å²) in [6, 6.07) is 14.6. The van der Waals surface area contributed by atoms with Gasteiger partial charge in [-0.3, -0.25) is 10.1 Å². The minimum atomic E-state index is -0.616. The second-order valence-electron chi connectivity index (χ2n) is 7.10. The van der Waals surface area contributed by atoms with E-state index >= 15 is 0 Å². The third kappa shape index (κ3) is 6.17. The predicted molar refractivity (Wildman–Crippen MR) is 133 cm³/mol. The summed E-state index contributed by atoms with van der Waals surface area (Å²) in [4.78, 5) is 27.8. The van der Waals surface area contributed by atoms with Gasteiger partial charge in [0.2, 0.25) is 5.89 Å². The highest BCUT2D eigenvalue weighted by Gasteiger charge is 2.25. The number of carbonyl (C=O) groups is 2. The highest BCUT2D eigenvalue weighted by Crippen LogP contribution is 2.29. The standard InChI is InChI=1S/C24H19ClN4O5S/c1-14-19(27-23(34-14)17-5-3-4-6-18(17)25)13-33-16-9-7-15(8-10-16)12-26-29-24-28-22(31)20(35-24)11-21(30)32-2/h3-12H,13H2,1-2H3,(H,28,29,31)/b20-11+,26-12?. The van der Waals surface area contributed by atoms with Crippen molar-refractivity contribution >= 4 is 46.6 Å². The Kier molecular flexibility index (Phi) is 7.64. The number of carbonyl (C=O) groups excluding carboxylic acids is 2. The maximum absolute atomic E-state index is 11.8. The highest BCUT2D eigenvalue weighted by molar-refractivity contribution is 8.18. The first-order chi connectivity index (χ1) is 16.9. The van der Waals surface area contributed by atoms with Crippen LogP contribution in [0, 0.1) is 6.92 Å². The summed E-state index contributed by atoms with van der Waals surface area (Å²) in [6.45, 7) is 2.06. The third-order valence-electron chi connectivity index (χ3n) is 4.71. The fourth-order valence-electron chi connectivity index (χ4n) is 2.90. The molecule has 0 spiro atoms. The fourth-order valence-corrected chi connectivity index (χ4v) is 3.86. The molecule has 0 unspecified atom stereocenters. The first-order valence-electron chi connectivity index (χ1n) is 10.3. The molecule has 2 aromatic carbocycles. The Morgan fingerprint density at radius 2 is 2.00 bits per heavy atom. The molecule has 35 heavy (non-hydrogen) atoms. The van der Waals surface area contributed by atoms with Crippen molar-refractivity contribution in [3.63, 3.8) is 0 Å². The lowest BCUT2D eigenvalue weighted by Gasteiger charge is -2.04. The molecule has 0 radical (unpaired) electrons. The summed E-state index contributed by atoms with van der Waals surface area (Å²) in [5, 5.41) is 11.3. The van der Waals surface area contributed by atoms with Crippen LogP contribution in [0.1, 0.15) is 17.0 Å². The molecule has 3 aromatic rings. The first kappa shape index (κ1) is 24.2. The molecule has 0 aliphatic carbocycles. The normalized spacial score (nSPS) is 15.7. The van der Waals surface area contributed by atoms with Crippen LogP contribution in [0.5, 0.6) is 5.75 Å². The lowest BCUT2D eigenvalue weighted by atomic mass is 10.2. The van der Waals surface area contributed by atoms with Gasteiger partial charge in [-0.05, 0) is 60.6 Å². The Morgan fingerprint density at radius 1 is 1.23 bits per heavy atom. The number of aromatic nitrogens is 1. The van der Waals surface area contributed by atoms with Crippen molar-refractivity contribution < 1.29 is 23.5 Å². The zero-order valence-corrected chi connectivity index (χ0v) is 20.2. The molecule has 1 saturated heterocycles. The smallest absolute Gasteiger partial charge is 0.331 e. The zero-order chi connectivity index (χ0) is 24.8. The van der Waals surface area contributed by atoms with Crippen LogP contribution in [0.25, 0.3) is 11.5 Å². The van der Waals surface area contributed by atoms with Gasteiger partial charge in [0, 0.05) is 6.08 Å². The monoisotopic (exact) mass is 510 g/mol. The number of rotatable bonds is 7. The summed E-state index contributed by atoms with van der Waals surface area (Å²) in [5.74, 6) is 0.701. The van der Waals surface area contributed by atoms with E-state index < -0.39 is 11.9 Å². The van der Waals surface area contributed by atoms with Gasteiger partial charge in [0.05, 0.1) is 28.8 Å². The van der Waals surface area contributed by atoms with Crippen LogP contribution >= 0.6 is 23.4 Å². The minimum absolute atomic E-state index is 0.189. The molecule has 0 bridgehead atoms. The van der Waals surface area contributed by atoms with Crippen molar-refractivity contribution in [2.45, 2.75) is 13.5 Å². The molecular weight excluding hydrogens is 492 g/mol. The largest absolute Gasteiger partial charge is 0.487 e. The van der Waals surface area contributed by atoms with Crippen molar-refractivity contribution in [1.29, 1.82) is 0 Å². The van der Waals surface area contributed by atoms with Crippen LogP contribution in [0.4, 0.5) is 0 Å². The van der Waals surface area contributed by atoms with E-state index in [4.69, 9.17) is 20.8 Å². The predicted octanol–water partition coefficient (Wildman–Crippen LogP) is 4.49. The molecular formula is C24H19ClN4O5S. The Morgan fingerprint density at radius 3 is 2.74 bits per heavy atom. The summed E-state index contributed by atoms with van der Waals surface area (Å²) >= 11 is 7.23. The number of esters is 1. The number of aryl methyl sites for hydroxylation is 1. The van der Waals surface area contributed by atoms with Crippen molar-refractivity contribution in [1.82, 2.24) is 10.3 Å². The fraction of sp³-hybridized carbons (Fsp3) is 0.125. The second kappa shape index (κ2) is 11.0. The molecule has 4 rings (SSSR count). The number of halogens is 1. The number of methoxy groups -OCH3 is 1. The van der Waals surface area contributed by atoms with Crippen molar-refractivity contribution in [3.05, 3.63) is 81.6 Å². The van der Waals surface area contributed by atoms with Crippen LogP contribution in [0.3, 0.4) is 0 Å². The molecule has 1 aliphatic rings. The zero-order valence-electron chi connectivity index (χ0n) is 18.6. The van der Waals surface area contributed by atoms with Gasteiger partial charge in [-0.2, -0.15) is 5.10 Å². The van der Waals surface area contributed by atoms with Crippen LogP contribution in [0.15, 0.2) is 74.1 Å². The lowest BCUT2D eigenvalue weighted by Crippen LogP contribution is -2.19. The summed E-state index contributed by atoms with van der Waals surface area (Å²) in [5.41, 5.74) is 2.18. The van der Waals surface area contributed by atoms with Crippen LogP contribution in [0.2, 0.25) is 5.02 Å². The third-order valence-corrected chi connectivity index (χ3v) is 5.94. The minimum Gasteiger partial charge on any atom is -0.487 e. The van der Waals surface area contributed by atoms with Crippen LogP contribution in [-0.4, -0.2) is 35.4 Å². The Bertz CT molecular complexity index is 1350. The summed E-state index contributed by atoms with van der Waals surface area (Å²) in [6.07, 6.45) is 2.63. The molecule has 0 atom stereocenters. The molecule has 1 aliphatic heterocycles. The van der Waals surface area contributed by atoms with E-state index in [0.29, 0.717) is 28.1 Å². The number of ether oxygens (including phenoxy) is 2. The molecule has 1 fully saturated rings. The van der Waals surface area contributed by atoms with Gasteiger partial charge >= 0.3 is 5.97 Å². The van der Waals surface area contributed by atoms with E-state index in [0.717, 1.165) is 29.0 Å². The molecule has 0 saturated carbocycles. The van der Waals surface area contributed by atoms with E-state index in [9.17, 15) is 9.59 Å². The number of hydrogen-bond acceptors (Lipinski definition) is 9. The maximum Gasteiger partial charge on any atom is 0.331 e. The topological polar surface area (TPSA) is 115 Å². The van der Waals surface area contributed by atoms with Gasteiger partial charge in [0.1, 0.15) is 23.8 Å². The van der Waals surface area contributed by atoms with E-state index in [2.05, 4.69) is 25.2 Å². The van der Waals surface area contributed by atoms with Gasteiger partial charge in [0.15, 0.2) is 5.17 Å². The van der Waals surface area contributed by atoms with Crippen molar-refractivity contribution in [2.24, 2.45) is 10.2 Å². The molecule has 9 nitrogen and oxygen atoms in total. The number of amidine groups is 1. The van der Waals surface area contributed by atoms with Gasteiger partial charge in [-0.25, -0.2) is 9.78 Å². The molecule has 178 valence electrons. The first-order valence-corrected chi connectivity index (χ1v) is 11.5. The van der Waals surface area contributed by atoms with Gasteiger partial charge in [-0.1, -0.05) is 23.7 Å². The SMILES string of the molecule is COC(=O)/C=C1/S/C(=N\N=Cc2ccc(OCc3nc(-c4ccccc4Cl)oc3C)cc2)NC1=O. The average Bonchev–Trinajstić information content (AvgIpc) is 3.40. The molecule has 1 amide bonds. The van der Waals surface area contributed by atoms with E-state index in [1.807, 2.05) is 37.3 Å². The number of amides is 1. The number of nitrogens with zero attached hydrogens (tertiary/aromatic N) is 3. The van der Waals surface area contributed by atoms with Crippen LogP contribution < -0.4 is 10.1 Å². The molecule has 2 heterocycles. The van der Waals surface area contributed by atoms with Crippen molar-refractivity contribution in [2.75, 3.05) is 7.11 Å². The van der Waals surface area contributed by atoms with Crippen LogP contribution in [-0.2, 0) is 20.9 Å². The number of benzene rings is 2. The number of oxazole rings is 1. The summed E-state index contributed by atoms with van der Waals surface area (Å²) in [7, 11) is 1.24. The van der Waals surface area contributed by atoms with E-state index in [1.54, 1.807) is 18.2 Å². The second-order valence-corrected chi connectivity index (χ2v) is 8.53. The van der Waals surface area contributed by atoms with Crippen molar-refractivity contribution in [3.8, 4) is 17.2 Å². The summed E-state index contributed by atoms with van der Waals surface area (Å²) < 4.78 is 16.1. The lowest BCUT2D eigenvalue weighted by molar-refractivity contribution is -0.135. The molecule has 1 aromatic heterocycles. The molecule has 1 N–H and O–H groups in total. The maximum atomic E-state index is 11.8. The number of thioether (sulfide) groups is 1. The van der Waals surface area contributed by atoms with Gasteiger partial charge < -0.3 is 13.9 Å². The van der Waals surface area contributed by atoms with E-state index in [1.165, 1.54) is 13.3 Å². The van der Waals surface area contributed by atoms with Gasteiger partial charge in [0.25, 0.3) is 5.91 Å². The number of hydrogen-bond donors (Lipinski definition) is 1. The Balaban J connectivity index is 1.34. The van der Waals surface area contributed by atoms with E-state index in [-0.39, 0.29) is 16.7 Å². The number of nitrogens with one attached hydrogen (secondary N) is 1. The highest BCUT2D eigenvalue weighted by atomic mass is 35.5. The molecule has 11 heteroatoms. The average molecular weight is 511 g/mol. The Labute approximate surface area is 209 Å². The quantitative estimate of drug-likeness (QED) is 0.215. The Hall–Kier alpha value is -3.89. The van der Waals surface area contributed by atoms with Gasteiger partial charge in [-0.15, -0.1) is 5.10 Å².